The zero-order chi connectivity index (χ0) is 15.2. The lowest BCUT2D eigenvalue weighted by molar-refractivity contribution is -0.116. The van der Waals surface area contributed by atoms with E-state index >= 15 is 0 Å². The molecule has 0 atom stereocenters. The van der Waals surface area contributed by atoms with Gasteiger partial charge in [-0.05, 0) is 44.5 Å². The summed E-state index contributed by atoms with van der Waals surface area (Å²) in [7, 11) is 0. The molecule has 3 N–H and O–H groups in total. The Labute approximate surface area is 128 Å². The molecule has 21 heavy (non-hydrogen) atoms. The van der Waals surface area contributed by atoms with Crippen molar-refractivity contribution in [3.63, 3.8) is 0 Å². The molecule has 5 nitrogen and oxygen atoms in total. The van der Waals surface area contributed by atoms with Crippen LogP contribution in [0.15, 0.2) is 29.6 Å². The molecule has 0 bridgehead atoms. The topological polar surface area (TPSA) is 77.2 Å². The highest BCUT2D eigenvalue weighted by atomic mass is 32.1. The van der Waals surface area contributed by atoms with Crippen molar-refractivity contribution in [2.45, 2.75) is 32.8 Å². The van der Waals surface area contributed by atoms with Crippen molar-refractivity contribution in [3.8, 4) is 5.75 Å². The van der Waals surface area contributed by atoms with Crippen LogP contribution in [0.2, 0.25) is 0 Å². The second-order valence-electron chi connectivity index (χ2n) is 4.92. The van der Waals surface area contributed by atoms with E-state index in [4.69, 9.17) is 10.5 Å². The van der Waals surface area contributed by atoms with Crippen LogP contribution >= 0.6 is 11.3 Å². The number of nitrogens with one attached hydrogen (secondary N) is 1. The number of carbonyl (C=O) groups excluding carboxylic acids is 1. The Hall–Kier alpha value is -2.08. The van der Waals surface area contributed by atoms with Gasteiger partial charge in [0.25, 0.3) is 0 Å². The largest absolute Gasteiger partial charge is 0.491 e. The van der Waals surface area contributed by atoms with E-state index in [2.05, 4.69) is 10.3 Å². The van der Waals surface area contributed by atoms with E-state index in [0.29, 0.717) is 18.0 Å². The molecule has 2 rings (SSSR count). The van der Waals surface area contributed by atoms with Crippen LogP contribution in [0, 0.1) is 0 Å². The molecule has 6 heteroatoms. The fourth-order valence-electron chi connectivity index (χ4n) is 1.79. The van der Waals surface area contributed by atoms with Crippen molar-refractivity contribution in [1.82, 2.24) is 4.98 Å². The lowest BCUT2D eigenvalue weighted by Crippen LogP contribution is -2.12. The number of anilines is 2. The number of aryl methyl sites for hydroxylation is 1. The number of ether oxygens (including phenoxy) is 1. The summed E-state index contributed by atoms with van der Waals surface area (Å²) >= 11 is 1.39. The molecule has 0 spiro atoms. The standard InChI is InChI=1S/C15H19N3O2S/c1-10(2)20-13-6-3-11(4-7-13)17-14(19)8-5-12-9-21-15(16)18-12/h3-4,6-7,9-10H,5,8H2,1-2H3,(H2,16,18)(H,17,19). The van der Waals surface area contributed by atoms with Crippen LogP contribution in [-0.2, 0) is 11.2 Å². The molecule has 0 fully saturated rings. The van der Waals surface area contributed by atoms with Gasteiger partial charge in [-0.2, -0.15) is 0 Å². The van der Waals surface area contributed by atoms with Gasteiger partial charge in [0.1, 0.15) is 5.75 Å². The molecule has 1 aromatic carbocycles. The second-order valence-corrected chi connectivity index (χ2v) is 5.81. The molecular weight excluding hydrogens is 286 g/mol. The average Bonchev–Trinajstić information content (AvgIpc) is 2.84. The molecule has 0 aliphatic rings. The van der Waals surface area contributed by atoms with Gasteiger partial charge in [0.15, 0.2) is 5.13 Å². The number of aromatic nitrogens is 1. The van der Waals surface area contributed by atoms with E-state index in [-0.39, 0.29) is 12.0 Å². The second kappa shape index (κ2) is 7.08. The first-order valence-electron chi connectivity index (χ1n) is 6.79. The predicted molar refractivity (Wildman–Crippen MR) is 85.7 cm³/mol. The first kappa shape index (κ1) is 15.3. The normalized spacial score (nSPS) is 10.6. The highest BCUT2D eigenvalue weighted by molar-refractivity contribution is 7.13. The average molecular weight is 305 g/mol. The van der Waals surface area contributed by atoms with Gasteiger partial charge in [-0.3, -0.25) is 4.79 Å². The zero-order valence-corrected chi connectivity index (χ0v) is 12.9. The van der Waals surface area contributed by atoms with Crippen LogP contribution in [0.25, 0.3) is 0 Å². The lowest BCUT2D eigenvalue weighted by Gasteiger charge is -2.10. The monoisotopic (exact) mass is 305 g/mol. The summed E-state index contributed by atoms with van der Waals surface area (Å²) in [5, 5.41) is 5.26. The van der Waals surface area contributed by atoms with Gasteiger partial charge in [0.05, 0.1) is 11.8 Å². The molecule has 0 radical (unpaired) electrons. The molecule has 0 aliphatic heterocycles. The van der Waals surface area contributed by atoms with Gasteiger partial charge in [0.2, 0.25) is 5.91 Å². The third-order valence-electron chi connectivity index (χ3n) is 2.69. The van der Waals surface area contributed by atoms with Gasteiger partial charge in [-0.15, -0.1) is 11.3 Å². The van der Waals surface area contributed by atoms with Gasteiger partial charge in [0, 0.05) is 17.5 Å². The van der Waals surface area contributed by atoms with E-state index in [1.54, 1.807) is 0 Å². The van der Waals surface area contributed by atoms with Gasteiger partial charge in [-0.25, -0.2) is 4.98 Å². The number of benzene rings is 1. The smallest absolute Gasteiger partial charge is 0.224 e. The Morgan fingerprint density at radius 2 is 2.10 bits per heavy atom. The predicted octanol–water partition coefficient (Wildman–Crippen LogP) is 3.08. The lowest BCUT2D eigenvalue weighted by atomic mass is 10.2. The highest BCUT2D eigenvalue weighted by Crippen LogP contribution is 2.17. The number of nitrogens with two attached hydrogens (primary N) is 1. The Morgan fingerprint density at radius 1 is 1.38 bits per heavy atom. The number of nitrogen functional groups attached to an aromatic ring is 1. The van der Waals surface area contributed by atoms with Crippen molar-refractivity contribution < 1.29 is 9.53 Å². The maximum atomic E-state index is 11.9. The molecule has 0 aliphatic carbocycles. The van der Waals surface area contributed by atoms with Crippen molar-refractivity contribution in [2.75, 3.05) is 11.1 Å². The molecule has 2 aromatic rings. The molecule has 0 saturated carbocycles. The van der Waals surface area contributed by atoms with E-state index in [0.717, 1.165) is 17.1 Å². The van der Waals surface area contributed by atoms with Crippen molar-refractivity contribution in [3.05, 3.63) is 35.3 Å². The van der Waals surface area contributed by atoms with Crippen LogP contribution in [0.1, 0.15) is 26.0 Å². The number of carbonyl (C=O) groups is 1. The molecule has 0 saturated heterocycles. The number of rotatable bonds is 6. The summed E-state index contributed by atoms with van der Waals surface area (Å²) in [6.45, 7) is 3.95. The van der Waals surface area contributed by atoms with Crippen LogP contribution in [0.5, 0.6) is 5.75 Å². The Kier molecular flexibility index (Phi) is 5.16. The van der Waals surface area contributed by atoms with E-state index < -0.39 is 0 Å². The van der Waals surface area contributed by atoms with Crippen LogP contribution in [0.4, 0.5) is 10.8 Å². The number of amides is 1. The summed E-state index contributed by atoms with van der Waals surface area (Å²) in [5.74, 6) is 0.750. The number of nitrogens with zero attached hydrogens (tertiary/aromatic N) is 1. The Morgan fingerprint density at radius 3 is 2.67 bits per heavy atom. The van der Waals surface area contributed by atoms with E-state index in [1.807, 2.05) is 43.5 Å². The Bertz CT molecular complexity index is 593. The van der Waals surface area contributed by atoms with Crippen molar-refractivity contribution in [2.24, 2.45) is 0 Å². The molecule has 0 unspecified atom stereocenters. The van der Waals surface area contributed by atoms with Crippen LogP contribution in [-0.4, -0.2) is 17.0 Å². The van der Waals surface area contributed by atoms with Gasteiger partial charge < -0.3 is 15.8 Å². The number of hydrogen-bond acceptors (Lipinski definition) is 5. The van der Waals surface area contributed by atoms with Crippen molar-refractivity contribution in [1.29, 1.82) is 0 Å². The summed E-state index contributed by atoms with van der Waals surface area (Å²) in [6.07, 6.45) is 1.11. The molecule has 1 aromatic heterocycles. The molecule has 1 amide bonds. The first-order valence-corrected chi connectivity index (χ1v) is 7.67. The number of hydrogen-bond donors (Lipinski definition) is 2. The summed E-state index contributed by atoms with van der Waals surface area (Å²) in [6, 6.07) is 7.35. The maximum Gasteiger partial charge on any atom is 0.224 e. The highest BCUT2D eigenvalue weighted by Gasteiger charge is 2.06. The van der Waals surface area contributed by atoms with Crippen LogP contribution < -0.4 is 15.8 Å². The van der Waals surface area contributed by atoms with Crippen molar-refractivity contribution >= 4 is 28.1 Å². The van der Waals surface area contributed by atoms with Crippen LogP contribution in [0.3, 0.4) is 0 Å². The molecule has 112 valence electrons. The minimum atomic E-state index is -0.0425. The summed E-state index contributed by atoms with van der Waals surface area (Å²) in [4.78, 5) is 16.0. The summed E-state index contributed by atoms with van der Waals surface area (Å²) < 4.78 is 5.55. The first-order chi connectivity index (χ1) is 10.0. The third kappa shape index (κ3) is 5.07. The van der Waals surface area contributed by atoms with Gasteiger partial charge >= 0.3 is 0 Å². The zero-order valence-electron chi connectivity index (χ0n) is 12.1. The molecular formula is C15H19N3O2S. The fourth-order valence-corrected chi connectivity index (χ4v) is 2.39. The third-order valence-corrected chi connectivity index (χ3v) is 3.41. The number of thiazole rings is 1. The summed E-state index contributed by atoms with van der Waals surface area (Å²) in [5.41, 5.74) is 7.17. The maximum absolute atomic E-state index is 11.9. The van der Waals surface area contributed by atoms with Gasteiger partial charge in [-0.1, -0.05) is 0 Å². The molecule has 1 heterocycles. The SMILES string of the molecule is CC(C)Oc1ccc(NC(=O)CCc2csc(N)n2)cc1. The quantitative estimate of drug-likeness (QED) is 0.859. The Balaban J connectivity index is 1.82. The minimum Gasteiger partial charge on any atom is -0.491 e. The fraction of sp³-hybridized carbons (Fsp3) is 0.333. The minimum absolute atomic E-state index is 0.0425. The van der Waals surface area contributed by atoms with E-state index in [9.17, 15) is 4.79 Å². The van der Waals surface area contributed by atoms with E-state index in [1.165, 1.54) is 11.3 Å².